The predicted molar refractivity (Wildman–Crippen MR) is 47.8 cm³/mol. The van der Waals surface area contributed by atoms with Crippen LogP contribution in [0.4, 0.5) is 14.5 Å². The van der Waals surface area contributed by atoms with Crippen molar-refractivity contribution in [2.24, 2.45) is 0 Å². The number of rotatable bonds is 2. The Morgan fingerprint density at radius 1 is 1.50 bits per heavy atom. The van der Waals surface area contributed by atoms with Crippen molar-refractivity contribution in [1.29, 1.82) is 0 Å². The monoisotopic (exact) mass is 221 g/mol. The molecule has 0 saturated carbocycles. The highest BCUT2D eigenvalue weighted by Gasteiger charge is 2.19. The molecular weight excluding hydrogens is 216 g/mol. The molecule has 1 rings (SSSR count). The summed E-state index contributed by atoms with van der Waals surface area (Å²) in [6, 6.07) is 1.98. The molecule has 0 unspecified atom stereocenters. The lowest BCUT2D eigenvalue weighted by Crippen LogP contribution is -1.95. The van der Waals surface area contributed by atoms with Gasteiger partial charge in [-0.05, 0) is 19.1 Å². The van der Waals surface area contributed by atoms with E-state index in [0.29, 0.717) is 0 Å². The fourth-order valence-corrected chi connectivity index (χ4v) is 1.46. The molecule has 6 heteroatoms. The van der Waals surface area contributed by atoms with Gasteiger partial charge in [-0.3, -0.25) is 10.1 Å². The zero-order valence-electron chi connectivity index (χ0n) is 7.13. The fourth-order valence-electron chi connectivity index (χ4n) is 1.12. The van der Waals surface area contributed by atoms with Crippen LogP contribution >= 0.6 is 11.6 Å². The van der Waals surface area contributed by atoms with Gasteiger partial charge in [-0.1, -0.05) is 11.6 Å². The maximum Gasteiger partial charge on any atom is 0.290 e. The van der Waals surface area contributed by atoms with Gasteiger partial charge in [-0.25, -0.2) is 8.78 Å². The van der Waals surface area contributed by atoms with Gasteiger partial charge < -0.3 is 0 Å². The SMILES string of the molecule is Cc1cc(C(F)F)cc(Cl)c1[N+](=O)[O-]. The van der Waals surface area contributed by atoms with E-state index in [1.165, 1.54) is 6.92 Å². The van der Waals surface area contributed by atoms with Gasteiger partial charge in [0.1, 0.15) is 5.02 Å². The number of hydrogen-bond donors (Lipinski definition) is 0. The maximum atomic E-state index is 12.2. The number of nitro groups is 1. The highest BCUT2D eigenvalue weighted by atomic mass is 35.5. The van der Waals surface area contributed by atoms with E-state index in [1.54, 1.807) is 0 Å². The van der Waals surface area contributed by atoms with Gasteiger partial charge >= 0.3 is 0 Å². The molecule has 0 radical (unpaired) electrons. The Bertz CT molecular complexity index is 359. The van der Waals surface area contributed by atoms with Crippen LogP contribution in [0.3, 0.4) is 0 Å². The van der Waals surface area contributed by atoms with E-state index < -0.39 is 11.3 Å². The second-order valence-electron chi connectivity index (χ2n) is 2.73. The van der Waals surface area contributed by atoms with Crippen LogP contribution in [-0.2, 0) is 0 Å². The van der Waals surface area contributed by atoms with Crippen molar-refractivity contribution in [1.82, 2.24) is 0 Å². The summed E-state index contributed by atoms with van der Waals surface area (Å²) < 4.78 is 24.5. The first-order valence-corrected chi connectivity index (χ1v) is 4.04. The topological polar surface area (TPSA) is 43.1 Å². The largest absolute Gasteiger partial charge is 0.290 e. The normalized spacial score (nSPS) is 10.6. The zero-order chi connectivity index (χ0) is 10.9. The summed E-state index contributed by atoms with van der Waals surface area (Å²) in [6.45, 7) is 1.37. The Labute approximate surface area is 83.4 Å². The quantitative estimate of drug-likeness (QED) is 0.567. The number of hydrogen-bond acceptors (Lipinski definition) is 2. The molecule has 0 atom stereocenters. The zero-order valence-corrected chi connectivity index (χ0v) is 7.89. The molecule has 0 aliphatic heterocycles. The minimum atomic E-state index is -2.67. The lowest BCUT2D eigenvalue weighted by atomic mass is 10.1. The van der Waals surface area contributed by atoms with Crippen LogP contribution < -0.4 is 0 Å². The van der Waals surface area contributed by atoms with Crippen molar-refractivity contribution in [2.75, 3.05) is 0 Å². The van der Waals surface area contributed by atoms with Gasteiger partial charge in [0.05, 0.1) is 4.92 Å². The number of halogens is 3. The third kappa shape index (κ3) is 1.98. The highest BCUT2D eigenvalue weighted by Crippen LogP contribution is 2.32. The average molecular weight is 222 g/mol. The fraction of sp³-hybridized carbons (Fsp3) is 0.250. The van der Waals surface area contributed by atoms with Crippen molar-refractivity contribution < 1.29 is 13.7 Å². The molecular formula is C8H6ClF2NO2. The molecule has 0 aliphatic carbocycles. The van der Waals surface area contributed by atoms with Crippen LogP contribution in [0, 0.1) is 17.0 Å². The molecule has 1 aromatic carbocycles. The number of aryl methyl sites for hydroxylation is 1. The van der Waals surface area contributed by atoms with E-state index >= 15 is 0 Å². The van der Waals surface area contributed by atoms with Crippen LogP contribution in [0.1, 0.15) is 17.6 Å². The minimum Gasteiger partial charge on any atom is -0.258 e. The van der Waals surface area contributed by atoms with Crippen molar-refractivity contribution in [2.45, 2.75) is 13.3 Å². The van der Waals surface area contributed by atoms with Gasteiger partial charge in [0.15, 0.2) is 0 Å². The number of alkyl halides is 2. The van der Waals surface area contributed by atoms with Crippen LogP contribution in [0.5, 0.6) is 0 Å². The number of nitro benzene ring substituents is 1. The van der Waals surface area contributed by atoms with Crippen molar-refractivity contribution in [3.05, 3.63) is 38.4 Å². The lowest BCUT2D eigenvalue weighted by molar-refractivity contribution is -0.385. The summed E-state index contributed by atoms with van der Waals surface area (Å²) in [5.41, 5.74) is -0.494. The highest BCUT2D eigenvalue weighted by molar-refractivity contribution is 6.32. The van der Waals surface area contributed by atoms with Crippen molar-refractivity contribution in [3.8, 4) is 0 Å². The molecule has 0 heterocycles. The van der Waals surface area contributed by atoms with Crippen molar-refractivity contribution >= 4 is 17.3 Å². The average Bonchev–Trinajstić information content (AvgIpc) is 2.01. The second kappa shape index (κ2) is 3.88. The van der Waals surface area contributed by atoms with E-state index in [0.717, 1.165) is 12.1 Å². The first kappa shape index (κ1) is 10.8. The van der Waals surface area contributed by atoms with E-state index in [-0.39, 0.29) is 21.8 Å². The van der Waals surface area contributed by atoms with E-state index in [4.69, 9.17) is 11.6 Å². The summed E-state index contributed by atoms with van der Waals surface area (Å²) in [4.78, 5) is 9.77. The van der Waals surface area contributed by atoms with Crippen LogP contribution in [-0.4, -0.2) is 4.92 Å². The van der Waals surface area contributed by atoms with Gasteiger partial charge in [-0.15, -0.1) is 0 Å². The van der Waals surface area contributed by atoms with E-state index in [9.17, 15) is 18.9 Å². The second-order valence-corrected chi connectivity index (χ2v) is 3.13. The molecule has 0 aromatic heterocycles. The maximum absolute atomic E-state index is 12.2. The summed E-state index contributed by atoms with van der Waals surface area (Å²) in [5.74, 6) is 0. The summed E-state index contributed by atoms with van der Waals surface area (Å²) in [7, 11) is 0. The Balaban J connectivity index is 3.32. The molecule has 0 saturated heterocycles. The molecule has 0 N–H and O–H groups in total. The summed E-state index contributed by atoms with van der Waals surface area (Å²) in [6.07, 6.45) is -2.67. The molecule has 0 fully saturated rings. The number of benzene rings is 1. The smallest absolute Gasteiger partial charge is 0.258 e. The minimum absolute atomic E-state index is 0.137. The van der Waals surface area contributed by atoms with Gasteiger partial charge in [0.2, 0.25) is 0 Å². The van der Waals surface area contributed by atoms with Gasteiger partial charge in [-0.2, -0.15) is 0 Å². The summed E-state index contributed by atoms with van der Waals surface area (Å²) in [5, 5.41) is 10.2. The van der Waals surface area contributed by atoms with Crippen LogP contribution in [0.2, 0.25) is 5.02 Å². The van der Waals surface area contributed by atoms with Crippen molar-refractivity contribution in [3.63, 3.8) is 0 Å². The van der Waals surface area contributed by atoms with Gasteiger partial charge in [0.25, 0.3) is 12.1 Å². The van der Waals surface area contributed by atoms with E-state index in [2.05, 4.69) is 0 Å². The molecule has 0 spiro atoms. The predicted octanol–water partition coefficient (Wildman–Crippen LogP) is 3.49. The first-order chi connectivity index (χ1) is 6.43. The molecule has 0 aliphatic rings. The molecule has 76 valence electrons. The Hall–Kier alpha value is -1.23. The third-order valence-corrected chi connectivity index (χ3v) is 2.00. The standard InChI is InChI=1S/C8H6ClF2NO2/c1-4-2-5(8(10)11)3-6(9)7(4)12(13)14/h2-3,8H,1H3. The molecule has 0 bridgehead atoms. The molecule has 3 nitrogen and oxygen atoms in total. The molecule has 14 heavy (non-hydrogen) atoms. The van der Waals surface area contributed by atoms with Crippen LogP contribution in [0.25, 0.3) is 0 Å². The third-order valence-electron chi connectivity index (χ3n) is 1.71. The van der Waals surface area contributed by atoms with Gasteiger partial charge in [0, 0.05) is 11.1 Å². The Morgan fingerprint density at radius 3 is 2.43 bits per heavy atom. The molecule has 1 aromatic rings. The number of nitrogens with zero attached hydrogens (tertiary/aromatic N) is 1. The molecule has 0 amide bonds. The van der Waals surface area contributed by atoms with E-state index in [1.807, 2.05) is 0 Å². The van der Waals surface area contributed by atoms with Crippen LogP contribution in [0.15, 0.2) is 12.1 Å². The first-order valence-electron chi connectivity index (χ1n) is 3.66. The summed E-state index contributed by atoms with van der Waals surface area (Å²) >= 11 is 5.50. The Kier molecular flexibility index (Phi) is 3.00. The lowest BCUT2D eigenvalue weighted by Gasteiger charge is -2.03. The Morgan fingerprint density at radius 2 is 2.07 bits per heavy atom.